The van der Waals surface area contributed by atoms with Gasteiger partial charge in [0.25, 0.3) is 0 Å². The van der Waals surface area contributed by atoms with Crippen molar-refractivity contribution in [3.8, 4) is 6.07 Å². The minimum Gasteiger partial charge on any atom is -0.384 e. The Morgan fingerprint density at radius 3 is 2.95 bits per heavy atom. The van der Waals surface area contributed by atoms with Crippen LogP contribution in [-0.4, -0.2) is 17.4 Å². The van der Waals surface area contributed by atoms with E-state index in [0.29, 0.717) is 13.0 Å². The van der Waals surface area contributed by atoms with Crippen molar-refractivity contribution in [2.75, 3.05) is 17.2 Å². The molecule has 0 aromatic carbocycles. The molecule has 6 heteroatoms. The molecule has 0 bridgehead atoms. The third kappa shape index (κ3) is 1.65. The van der Waals surface area contributed by atoms with Gasteiger partial charge in [-0.1, -0.05) is 0 Å². The van der Waals surface area contributed by atoms with E-state index in [2.05, 4.69) is 11.1 Å². The molecule has 0 radical (unpaired) electrons. The molecule has 2 heterocycles. The van der Waals surface area contributed by atoms with Crippen LogP contribution in [0.1, 0.15) is 19.3 Å². The molecule has 1 saturated heterocycles. The van der Waals surface area contributed by atoms with Crippen LogP contribution < -0.4 is 10.6 Å². The van der Waals surface area contributed by atoms with Crippen molar-refractivity contribution < 1.29 is 9.18 Å². The zero-order valence-corrected chi connectivity index (χ0v) is 10.3. The quantitative estimate of drug-likeness (QED) is 0.872. The number of pyridine rings is 1. The number of rotatable bonds is 2. The highest BCUT2D eigenvalue weighted by Gasteiger charge is 2.57. The van der Waals surface area contributed by atoms with Crippen LogP contribution in [0.5, 0.6) is 0 Å². The van der Waals surface area contributed by atoms with Crippen LogP contribution in [0.15, 0.2) is 12.3 Å². The number of nitrogens with two attached hydrogens (primary N) is 1. The summed E-state index contributed by atoms with van der Waals surface area (Å²) in [5.41, 5.74) is 4.68. The van der Waals surface area contributed by atoms with Crippen LogP contribution in [0.2, 0.25) is 0 Å². The predicted octanol–water partition coefficient (Wildman–Crippen LogP) is 1.46. The molecule has 5 nitrogen and oxygen atoms in total. The van der Waals surface area contributed by atoms with E-state index in [1.807, 2.05) is 0 Å². The van der Waals surface area contributed by atoms with Gasteiger partial charge in [0.15, 0.2) is 5.82 Å². The lowest BCUT2D eigenvalue weighted by molar-refractivity contribution is -0.123. The Balaban J connectivity index is 1.98. The molecule has 2 fully saturated rings. The minimum absolute atomic E-state index is 0.121. The minimum atomic E-state index is -0.968. The molecule has 19 heavy (non-hydrogen) atoms. The maximum atomic E-state index is 13.8. The molecule has 1 aliphatic heterocycles. The van der Waals surface area contributed by atoms with E-state index in [9.17, 15) is 14.4 Å². The topological polar surface area (TPSA) is 83.0 Å². The van der Waals surface area contributed by atoms with E-state index in [4.69, 9.17) is 5.73 Å². The number of nitriles is 1. The average molecular weight is 260 g/mol. The van der Waals surface area contributed by atoms with Crippen molar-refractivity contribution in [3.63, 3.8) is 0 Å². The highest BCUT2D eigenvalue weighted by molar-refractivity contribution is 6.02. The first-order chi connectivity index (χ1) is 9.08. The van der Waals surface area contributed by atoms with Crippen LogP contribution >= 0.6 is 0 Å². The van der Waals surface area contributed by atoms with E-state index in [-0.39, 0.29) is 23.3 Å². The number of hydrogen-bond acceptors (Lipinski definition) is 4. The van der Waals surface area contributed by atoms with Gasteiger partial charge in [0.2, 0.25) is 5.91 Å². The maximum absolute atomic E-state index is 13.8. The summed E-state index contributed by atoms with van der Waals surface area (Å²) in [6.45, 7) is 0.350. The number of aromatic nitrogens is 1. The van der Waals surface area contributed by atoms with Gasteiger partial charge in [0.05, 0.1) is 18.0 Å². The van der Waals surface area contributed by atoms with Crippen LogP contribution in [0, 0.1) is 28.5 Å². The number of halogens is 1. The van der Waals surface area contributed by atoms with Crippen LogP contribution in [0.4, 0.5) is 15.9 Å². The first-order valence-electron chi connectivity index (χ1n) is 6.23. The molecule has 0 unspecified atom stereocenters. The molecule has 1 atom stereocenters. The molecule has 98 valence electrons. The SMILES string of the molecule is N#C[C@@]1(C2CC2)CCN(c2cc(N)ncc2F)C1=O. The van der Waals surface area contributed by atoms with Gasteiger partial charge in [-0.15, -0.1) is 0 Å². The summed E-state index contributed by atoms with van der Waals surface area (Å²) in [5, 5.41) is 9.36. The highest BCUT2D eigenvalue weighted by atomic mass is 19.1. The Morgan fingerprint density at radius 1 is 1.58 bits per heavy atom. The van der Waals surface area contributed by atoms with Gasteiger partial charge in [-0.25, -0.2) is 9.37 Å². The van der Waals surface area contributed by atoms with Gasteiger partial charge in [-0.05, 0) is 25.2 Å². The molecule has 1 aromatic heterocycles. The monoisotopic (exact) mass is 260 g/mol. The van der Waals surface area contributed by atoms with Crippen molar-refractivity contribution in [1.82, 2.24) is 4.98 Å². The number of amides is 1. The Labute approximate surface area is 109 Å². The summed E-state index contributed by atoms with van der Waals surface area (Å²) in [5.74, 6) is -0.614. The molecule has 3 rings (SSSR count). The van der Waals surface area contributed by atoms with E-state index in [0.717, 1.165) is 19.0 Å². The fourth-order valence-electron chi connectivity index (χ4n) is 2.77. The number of nitrogen functional groups attached to an aromatic ring is 1. The third-order valence-corrected chi connectivity index (χ3v) is 3.98. The van der Waals surface area contributed by atoms with Gasteiger partial charge >= 0.3 is 0 Å². The fraction of sp³-hybridized carbons (Fsp3) is 0.462. The van der Waals surface area contributed by atoms with Crippen molar-refractivity contribution in [2.24, 2.45) is 11.3 Å². The number of nitrogens with zero attached hydrogens (tertiary/aromatic N) is 3. The van der Waals surface area contributed by atoms with Gasteiger partial charge in [0.1, 0.15) is 11.2 Å². The maximum Gasteiger partial charge on any atom is 0.247 e. The summed E-state index contributed by atoms with van der Waals surface area (Å²) in [6.07, 6.45) is 3.25. The molecule has 1 amide bonds. The average Bonchev–Trinajstić information content (AvgIpc) is 3.19. The molecule has 1 aliphatic carbocycles. The molecule has 1 aromatic rings. The van der Waals surface area contributed by atoms with Crippen LogP contribution in [0.3, 0.4) is 0 Å². The van der Waals surface area contributed by atoms with E-state index in [1.54, 1.807) is 0 Å². The molecule has 1 saturated carbocycles. The summed E-state index contributed by atoms with van der Waals surface area (Å²) >= 11 is 0. The molecule has 2 N–H and O–H groups in total. The summed E-state index contributed by atoms with van der Waals surface area (Å²) in [6, 6.07) is 3.50. The lowest BCUT2D eigenvalue weighted by Crippen LogP contribution is -2.35. The Morgan fingerprint density at radius 2 is 2.32 bits per heavy atom. The first kappa shape index (κ1) is 11.9. The normalized spacial score (nSPS) is 26.5. The Bertz CT molecular complexity index is 593. The van der Waals surface area contributed by atoms with Gasteiger partial charge in [0, 0.05) is 12.6 Å². The predicted molar refractivity (Wildman–Crippen MR) is 66.3 cm³/mol. The number of anilines is 2. The van der Waals surface area contributed by atoms with Gasteiger partial charge in [-0.3, -0.25) is 4.79 Å². The summed E-state index contributed by atoms with van der Waals surface area (Å²) < 4.78 is 13.8. The third-order valence-electron chi connectivity index (χ3n) is 3.98. The second kappa shape index (κ2) is 3.92. The second-order valence-electron chi connectivity index (χ2n) is 5.12. The van der Waals surface area contributed by atoms with Crippen LogP contribution in [-0.2, 0) is 4.79 Å². The Kier molecular flexibility index (Phi) is 2.45. The Hall–Kier alpha value is -2.16. The molecule has 2 aliphatic rings. The molecular formula is C13H13FN4O. The smallest absolute Gasteiger partial charge is 0.247 e. The number of hydrogen-bond donors (Lipinski definition) is 1. The van der Waals surface area contributed by atoms with Gasteiger partial charge in [-0.2, -0.15) is 5.26 Å². The lowest BCUT2D eigenvalue weighted by atomic mass is 9.83. The van der Waals surface area contributed by atoms with Crippen molar-refractivity contribution in [2.45, 2.75) is 19.3 Å². The van der Waals surface area contributed by atoms with E-state index >= 15 is 0 Å². The molecule has 0 spiro atoms. The van der Waals surface area contributed by atoms with Crippen molar-refractivity contribution in [3.05, 3.63) is 18.1 Å². The summed E-state index contributed by atoms with van der Waals surface area (Å²) in [4.78, 5) is 17.4. The molecular weight excluding hydrogens is 247 g/mol. The lowest BCUT2D eigenvalue weighted by Gasteiger charge is -2.21. The van der Waals surface area contributed by atoms with E-state index in [1.165, 1.54) is 11.0 Å². The standard InChI is InChI=1S/C13H13FN4O/c14-9-6-17-11(16)5-10(9)18-4-3-13(7-15,12(18)19)8-1-2-8/h5-6,8H,1-4H2,(H2,16,17)/t13-/m1/s1. The highest BCUT2D eigenvalue weighted by Crippen LogP contribution is 2.52. The van der Waals surface area contributed by atoms with E-state index < -0.39 is 11.2 Å². The fourth-order valence-corrected chi connectivity index (χ4v) is 2.77. The van der Waals surface area contributed by atoms with Crippen molar-refractivity contribution >= 4 is 17.4 Å². The van der Waals surface area contributed by atoms with Crippen LogP contribution in [0.25, 0.3) is 0 Å². The van der Waals surface area contributed by atoms with Gasteiger partial charge < -0.3 is 10.6 Å². The summed E-state index contributed by atoms with van der Waals surface area (Å²) in [7, 11) is 0. The van der Waals surface area contributed by atoms with Crippen molar-refractivity contribution in [1.29, 1.82) is 5.26 Å². The zero-order valence-electron chi connectivity index (χ0n) is 10.3. The first-order valence-corrected chi connectivity index (χ1v) is 6.23. The largest absolute Gasteiger partial charge is 0.384 e. The second-order valence-corrected chi connectivity index (χ2v) is 5.12. The zero-order chi connectivity index (χ0) is 13.6. The number of carbonyl (C=O) groups excluding carboxylic acids is 1. The number of carbonyl (C=O) groups is 1.